The first kappa shape index (κ1) is 19.5. The van der Waals surface area contributed by atoms with Gasteiger partial charge in [0.05, 0.1) is 6.61 Å². The summed E-state index contributed by atoms with van der Waals surface area (Å²) in [7, 11) is 0. The van der Waals surface area contributed by atoms with Crippen LogP contribution in [0.15, 0.2) is 4.99 Å². The van der Waals surface area contributed by atoms with Gasteiger partial charge in [-0.05, 0) is 40.0 Å². The van der Waals surface area contributed by atoms with Crippen LogP contribution in [0.4, 0.5) is 4.79 Å². The molecule has 2 N–H and O–H groups in total. The number of rotatable bonds is 8. The second-order valence-electron chi connectivity index (χ2n) is 5.42. The van der Waals surface area contributed by atoms with Crippen LogP contribution in [0.3, 0.4) is 0 Å². The average molecular weight is 328 g/mol. The lowest BCUT2D eigenvalue weighted by Crippen LogP contribution is -2.49. The van der Waals surface area contributed by atoms with Crippen LogP contribution in [-0.2, 0) is 9.47 Å². The molecule has 1 aliphatic rings. The summed E-state index contributed by atoms with van der Waals surface area (Å²) in [4.78, 5) is 18.0. The fourth-order valence-electron chi connectivity index (χ4n) is 2.44. The van der Waals surface area contributed by atoms with E-state index in [1.54, 1.807) is 4.90 Å². The molecule has 1 amide bonds. The summed E-state index contributed by atoms with van der Waals surface area (Å²) < 4.78 is 10.4. The van der Waals surface area contributed by atoms with Crippen molar-refractivity contribution >= 4 is 12.1 Å². The Bertz CT molecular complexity index is 355. The number of ether oxygens (including phenoxy) is 2. The number of nitrogens with zero attached hydrogens (tertiary/aromatic N) is 2. The van der Waals surface area contributed by atoms with E-state index in [9.17, 15) is 4.79 Å². The minimum absolute atomic E-state index is 0.206. The molecule has 0 unspecified atom stereocenters. The van der Waals surface area contributed by atoms with Gasteiger partial charge in [-0.3, -0.25) is 4.99 Å². The zero-order valence-corrected chi connectivity index (χ0v) is 14.8. The Kier molecular flexibility index (Phi) is 10.2. The first-order valence-corrected chi connectivity index (χ1v) is 8.75. The van der Waals surface area contributed by atoms with Crippen molar-refractivity contribution in [2.45, 2.75) is 46.1 Å². The lowest BCUT2D eigenvalue weighted by molar-refractivity contribution is 0.0963. The number of likely N-dealkylation sites (tertiary alicyclic amines) is 1. The summed E-state index contributed by atoms with van der Waals surface area (Å²) in [6.07, 6.45) is 2.53. The van der Waals surface area contributed by atoms with E-state index in [0.717, 1.165) is 64.6 Å². The molecule has 0 aromatic carbocycles. The van der Waals surface area contributed by atoms with Gasteiger partial charge in [0.25, 0.3) is 0 Å². The van der Waals surface area contributed by atoms with Crippen molar-refractivity contribution in [2.75, 3.05) is 46.0 Å². The van der Waals surface area contributed by atoms with E-state index in [1.807, 2.05) is 13.8 Å². The highest BCUT2D eigenvalue weighted by molar-refractivity contribution is 5.80. The maximum atomic E-state index is 11.7. The summed E-state index contributed by atoms with van der Waals surface area (Å²) in [6.45, 7) is 10.8. The largest absolute Gasteiger partial charge is 0.450 e. The van der Waals surface area contributed by atoms with E-state index >= 15 is 0 Å². The summed E-state index contributed by atoms with van der Waals surface area (Å²) in [5, 5.41) is 6.73. The molecular weight excluding hydrogens is 296 g/mol. The molecule has 0 aliphatic carbocycles. The lowest BCUT2D eigenvalue weighted by Gasteiger charge is -2.32. The molecule has 0 saturated carbocycles. The van der Waals surface area contributed by atoms with E-state index < -0.39 is 0 Å². The van der Waals surface area contributed by atoms with Crippen LogP contribution in [0.25, 0.3) is 0 Å². The van der Waals surface area contributed by atoms with E-state index in [1.165, 1.54) is 0 Å². The van der Waals surface area contributed by atoms with Crippen molar-refractivity contribution in [3.8, 4) is 0 Å². The number of guanidine groups is 1. The second kappa shape index (κ2) is 12.0. The third-order valence-corrected chi connectivity index (χ3v) is 3.63. The van der Waals surface area contributed by atoms with Crippen LogP contribution in [0.2, 0.25) is 0 Å². The predicted molar refractivity (Wildman–Crippen MR) is 91.8 cm³/mol. The Morgan fingerprint density at radius 2 is 1.96 bits per heavy atom. The third kappa shape index (κ3) is 8.06. The molecule has 1 fully saturated rings. The Labute approximate surface area is 139 Å². The van der Waals surface area contributed by atoms with Crippen molar-refractivity contribution in [1.29, 1.82) is 0 Å². The molecule has 7 nitrogen and oxygen atoms in total. The monoisotopic (exact) mass is 328 g/mol. The normalized spacial score (nSPS) is 16.3. The lowest BCUT2D eigenvalue weighted by atomic mass is 10.1. The molecule has 0 spiro atoms. The van der Waals surface area contributed by atoms with Gasteiger partial charge in [0.15, 0.2) is 5.96 Å². The molecule has 1 aliphatic heterocycles. The Morgan fingerprint density at radius 1 is 1.22 bits per heavy atom. The molecule has 0 bridgehead atoms. The van der Waals surface area contributed by atoms with E-state index in [2.05, 4.69) is 22.5 Å². The standard InChI is InChI=1S/C16H32N4O3/c1-4-17-15(18-10-7-13-22-5-2)19-14-8-11-20(12-9-14)16(21)23-6-3/h14H,4-13H2,1-3H3,(H2,17,18,19). The van der Waals surface area contributed by atoms with Gasteiger partial charge in [-0.25, -0.2) is 4.79 Å². The highest BCUT2D eigenvalue weighted by atomic mass is 16.6. The summed E-state index contributed by atoms with van der Waals surface area (Å²) in [6, 6.07) is 0.338. The zero-order valence-electron chi connectivity index (χ0n) is 14.8. The van der Waals surface area contributed by atoms with Gasteiger partial charge >= 0.3 is 6.09 Å². The van der Waals surface area contributed by atoms with Crippen molar-refractivity contribution in [3.05, 3.63) is 0 Å². The molecule has 7 heteroatoms. The van der Waals surface area contributed by atoms with Crippen LogP contribution in [0.5, 0.6) is 0 Å². The molecule has 1 saturated heterocycles. The van der Waals surface area contributed by atoms with E-state index in [4.69, 9.17) is 9.47 Å². The number of hydrogen-bond acceptors (Lipinski definition) is 4. The van der Waals surface area contributed by atoms with Crippen molar-refractivity contribution in [1.82, 2.24) is 15.5 Å². The molecule has 1 heterocycles. The number of aliphatic imine (C=N–C) groups is 1. The minimum atomic E-state index is -0.206. The van der Waals surface area contributed by atoms with Crippen molar-refractivity contribution in [3.63, 3.8) is 0 Å². The molecule has 0 atom stereocenters. The predicted octanol–water partition coefficient (Wildman–Crippen LogP) is 1.59. The molecule has 1 rings (SSSR count). The van der Waals surface area contributed by atoms with Gasteiger partial charge in [-0.1, -0.05) is 0 Å². The van der Waals surface area contributed by atoms with Crippen LogP contribution in [-0.4, -0.2) is 69.0 Å². The van der Waals surface area contributed by atoms with Crippen LogP contribution < -0.4 is 10.6 Å². The molecule has 0 aromatic rings. The fourth-order valence-corrected chi connectivity index (χ4v) is 2.44. The summed E-state index contributed by atoms with van der Waals surface area (Å²) >= 11 is 0. The van der Waals surface area contributed by atoms with Crippen LogP contribution in [0.1, 0.15) is 40.0 Å². The number of carbonyl (C=O) groups excluding carboxylic acids is 1. The van der Waals surface area contributed by atoms with E-state index in [0.29, 0.717) is 12.6 Å². The van der Waals surface area contributed by atoms with Gasteiger partial charge in [0, 0.05) is 45.4 Å². The molecule has 23 heavy (non-hydrogen) atoms. The Morgan fingerprint density at radius 3 is 2.57 bits per heavy atom. The smallest absolute Gasteiger partial charge is 0.409 e. The fraction of sp³-hybridized carbons (Fsp3) is 0.875. The number of piperidine rings is 1. The molecule has 0 radical (unpaired) electrons. The quantitative estimate of drug-likeness (QED) is 0.402. The molecular formula is C16H32N4O3. The molecule has 0 aromatic heterocycles. The number of hydrogen-bond donors (Lipinski definition) is 2. The average Bonchev–Trinajstić information content (AvgIpc) is 2.55. The summed E-state index contributed by atoms with van der Waals surface area (Å²) in [5.74, 6) is 0.846. The van der Waals surface area contributed by atoms with Crippen LogP contribution in [0, 0.1) is 0 Å². The Hall–Kier alpha value is -1.50. The number of nitrogens with one attached hydrogen (secondary N) is 2. The number of carbonyl (C=O) groups is 1. The van der Waals surface area contributed by atoms with Gasteiger partial charge in [0.2, 0.25) is 0 Å². The van der Waals surface area contributed by atoms with Crippen LogP contribution >= 0.6 is 0 Å². The van der Waals surface area contributed by atoms with Crippen molar-refractivity contribution < 1.29 is 14.3 Å². The van der Waals surface area contributed by atoms with E-state index in [-0.39, 0.29) is 6.09 Å². The first-order chi connectivity index (χ1) is 11.2. The zero-order chi connectivity index (χ0) is 16.9. The van der Waals surface area contributed by atoms with Gasteiger partial charge in [0.1, 0.15) is 0 Å². The SMILES string of the molecule is CCNC(=NCCCOCC)NC1CCN(C(=O)OCC)CC1. The highest BCUT2D eigenvalue weighted by Gasteiger charge is 2.23. The van der Waals surface area contributed by atoms with Gasteiger partial charge < -0.3 is 25.0 Å². The molecule has 134 valence electrons. The first-order valence-electron chi connectivity index (χ1n) is 8.75. The topological polar surface area (TPSA) is 75.2 Å². The van der Waals surface area contributed by atoms with Gasteiger partial charge in [-0.15, -0.1) is 0 Å². The number of amides is 1. The second-order valence-corrected chi connectivity index (χ2v) is 5.42. The third-order valence-electron chi connectivity index (χ3n) is 3.63. The minimum Gasteiger partial charge on any atom is -0.450 e. The maximum Gasteiger partial charge on any atom is 0.409 e. The maximum absolute atomic E-state index is 11.7. The highest BCUT2D eigenvalue weighted by Crippen LogP contribution is 2.11. The summed E-state index contributed by atoms with van der Waals surface area (Å²) in [5.41, 5.74) is 0. The van der Waals surface area contributed by atoms with Crippen molar-refractivity contribution in [2.24, 2.45) is 4.99 Å². The van der Waals surface area contributed by atoms with Gasteiger partial charge in [-0.2, -0.15) is 0 Å². The Balaban J connectivity index is 2.34.